The molecule has 0 unspecified atom stereocenters. The summed E-state index contributed by atoms with van der Waals surface area (Å²) in [6, 6.07) is 9.77. The number of carboxylic acids is 1. The number of carboxylic acid groups (broad SMARTS) is 1. The van der Waals surface area contributed by atoms with E-state index in [1.807, 2.05) is 0 Å². The van der Waals surface area contributed by atoms with Crippen molar-refractivity contribution in [2.45, 2.75) is 4.90 Å². The summed E-state index contributed by atoms with van der Waals surface area (Å²) in [5.74, 6) is -1.61. The van der Waals surface area contributed by atoms with E-state index >= 15 is 0 Å². The van der Waals surface area contributed by atoms with Gasteiger partial charge < -0.3 is 9.67 Å². The van der Waals surface area contributed by atoms with Crippen molar-refractivity contribution in [1.29, 1.82) is 0 Å². The third kappa shape index (κ3) is 2.70. The monoisotopic (exact) mass is 333 g/mol. The van der Waals surface area contributed by atoms with Crippen LogP contribution in [-0.2, 0) is 9.84 Å². The molecule has 0 amide bonds. The topological polar surface area (TPSA) is 76.4 Å². The molecule has 1 heterocycles. The lowest BCUT2D eigenvalue weighted by Crippen LogP contribution is -2.04. The van der Waals surface area contributed by atoms with Gasteiger partial charge >= 0.3 is 5.97 Å². The summed E-state index contributed by atoms with van der Waals surface area (Å²) in [6.45, 7) is 0. The van der Waals surface area contributed by atoms with Crippen LogP contribution in [0.1, 0.15) is 10.4 Å². The van der Waals surface area contributed by atoms with Crippen LogP contribution in [0.25, 0.3) is 16.6 Å². The van der Waals surface area contributed by atoms with Gasteiger partial charge in [-0.05, 0) is 42.5 Å². The Hall–Kier alpha value is -2.67. The molecule has 0 radical (unpaired) electrons. The first-order chi connectivity index (χ1) is 10.8. The average Bonchev–Trinajstić information content (AvgIpc) is 2.90. The van der Waals surface area contributed by atoms with Gasteiger partial charge in [0.2, 0.25) is 0 Å². The van der Waals surface area contributed by atoms with Crippen LogP contribution in [0.15, 0.2) is 53.6 Å². The molecule has 0 aliphatic carbocycles. The Morgan fingerprint density at radius 1 is 1.13 bits per heavy atom. The lowest BCUT2D eigenvalue weighted by Gasteiger charge is -2.08. The Morgan fingerprint density at radius 3 is 2.35 bits per heavy atom. The van der Waals surface area contributed by atoms with E-state index in [0.29, 0.717) is 16.6 Å². The highest BCUT2D eigenvalue weighted by Crippen LogP contribution is 2.27. The molecular weight excluding hydrogens is 321 g/mol. The number of carbonyl (C=O) groups is 1. The van der Waals surface area contributed by atoms with Crippen LogP contribution in [0.2, 0.25) is 0 Å². The van der Waals surface area contributed by atoms with Gasteiger partial charge in [-0.3, -0.25) is 0 Å². The van der Waals surface area contributed by atoms with Crippen LogP contribution >= 0.6 is 0 Å². The molecule has 7 heteroatoms. The fourth-order valence-electron chi connectivity index (χ4n) is 2.43. The minimum Gasteiger partial charge on any atom is -0.478 e. The fraction of sp³-hybridized carbons (Fsp3) is 0.0625. The van der Waals surface area contributed by atoms with Gasteiger partial charge in [0.1, 0.15) is 5.82 Å². The second kappa shape index (κ2) is 5.20. The van der Waals surface area contributed by atoms with E-state index in [4.69, 9.17) is 0 Å². The molecule has 1 N–H and O–H groups in total. The first-order valence-electron chi connectivity index (χ1n) is 6.62. The molecule has 0 saturated heterocycles. The lowest BCUT2D eigenvalue weighted by molar-refractivity contribution is 0.0699. The molecule has 3 rings (SSSR count). The van der Waals surface area contributed by atoms with Gasteiger partial charge in [0, 0.05) is 23.5 Å². The molecule has 23 heavy (non-hydrogen) atoms. The lowest BCUT2D eigenvalue weighted by atomic mass is 10.1. The highest BCUT2D eigenvalue weighted by Gasteiger charge is 2.18. The summed E-state index contributed by atoms with van der Waals surface area (Å²) in [5.41, 5.74) is 0.934. The number of fused-ring (bicyclic) bond motifs is 1. The van der Waals surface area contributed by atoms with Crippen LogP contribution in [0.5, 0.6) is 0 Å². The van der Waals surface area contributed by atoms with Crippen LogP contribution in [0.3, 0.4) is 0 Å². The summed E-state index contributed by atoms with van der Waals surface area (Å²) in [6.07, 6.45) is 2.64. The summed E-state index contributed by atoms with van der Waals surface area (Å²) in [5, 5.41) is 9.75. The standard InChI is InChI=1S/C16H12FNO4S/c1-23(21,22)12-8-14(16(19)20)13-6-7-18(15(13)9-12)11-4-2-10(17)3-5-11/h2-9H,1H3,(H,19,20). The maximum absolute atomic E-state index is 13.1. The molecule has 0 aliphatic heterocycles. The molecule has 0 bridgehead atoms. The molecule has 0 saturated carbocycles. The van der Waals surface area contributed by atoms with Gasteiger partial charge in [-0.25, -0.2) is 17.6 Å². The summed E-state index contributed by atoms with van der Waals surface area (Å²) >= 11 is 0. The third-order valence-electron chi connectivity index (χ3n) is 3.54. The summed E-state index contributed by atoms with van der Waals surface area (Å²) in [7, 11) is -3.57. The van der Waals surface area contributed by atoms with Crippen molar-refractivity contribution in [2.24, 2.45) is 0 Å². The zero-order valence-electron chi connectivity index (χ0n) is 12.0. The summed E-state index contributed by atoms with van der Waals surface area (Å²) < 4.78 is 38.3. The van der Waals surface area contributed by atoms with Crippen LogP contribution in [0, 0.1) is 5.82 Å². The van der Waals surface area contributed by atoms with Crippen molar-refractivity contribution >= 4 is 26.7 Å². The number of nitrogens with zero attached hydrogens (tertiary/aromatic N) is 1. The predicted octanol–water partition coefficient (Wildman–Crippen LogP) is 2.87. The largest absolute Gasteiger partial charge is 0.478 e. The Bertz CT molecular complexity index is 1020. The Morgan fingerprint density at radius 2 is 1.78 bits per heavy atom. The molecule has 0 atom stereocenters. The van der Waals surface area contributed by atoms with Gasteiger partial charge in [-0.15, -0.1) is 0 Å². The quantitative estimate of drug-likeness (QED) is 0.799. The number of aromatic nitrogens is 1. The second-order valence-corrected chi connectivity index (χ2v) is 7.16. The third-order valence-corrected chi connectivity index (χ3v) is 4.64. The van der Waals surface area contributed by atoms with E-state index in [0.717, 1.165) is 12.3 Å². The van der Waals surface area contributed by atoms with Crippen LogP contribution in [0.4, 0.5) is 4.39 Å². The first kappa shape index (κ1) is 15.2. The Labute approximate surface area is 131 Å². The molecule has 1 aromatic heterocycles. The van der Waals surface area contributed by atoms with Crippen molar-refractivity contribution in [1.82, 2.24) is 4.57 Å². The van der Waals surface area contributed by atoms with Crippen LogP contribution < -0.4 is 0 Å². The second-order valence-electron chi connectivity index (χ2n) is 5.14. The number of aromatic carboxylic acids is 1. The first-order valence-corrected chi connectivity index (χ1v) is 8.51. The normalized spacial score (nSPS) is 11.7. The van der Waals surface area contributed by atoms with E-state index < -0.39 is 21.6 Å². The maximum Gasteiger partial charge on any atom is 0.336 e. The maximum atomic E-state index is 13.1. The Balaban J connectivity index is 2.36. The van der Waals surface area contributed by atoms with Crippen molar-refractivity contribution < 1.29 is 22.7 Å². The van der Waals surface area contributed by atoms with Gasteiger partial charge in [0.25, 0.3) is 0 Å². The van der Waals surface area contributed by atoms with E-state index in [1.54, 1.807) is 16.8 Å². The van der Waals surface area contributed by atoms with Gasteiger partial charge in [-0.2, -0.15) is 0 Å². The van der Waals surface area contributed by atoms with Gasteiger partial charge in [-0.1, -0.05) is 0 Å². The predicted molar refractivity (Wildman–Crippen MR) is 83.3 cm³/mol. The highest BCUT2D eigenvalue weighted by atomic mass is 32.2. The van der Waals surface area contributed by atoms with E-state index in [9.17, 15) is 22.7 Å². The number of benzene rings is 2. The van der Waals surface area contributed by atoms with Crippen molar-refractivity contribution in [2.75, 3.05) is 6.26 Å². The van der Waals surface area contributed by atoms with Gasteiger partial charge in [0.05, 0.1) is 16.0 Å². The number of hydrogen-bond acceptors (Lipinski definition) is 3. The number of halogens is 1. The number of sulfone groups is 1. The van der Waals surface area contributed by atoms with Gasteiger partial charge in [0.15, 0.2) is 9.84 Å². The molecule has 0 aliphatic rings. The summed E-state index contributed by atoms with van der Waals surface area (Å²) in [4.78, 5) is 11.4. The van der Waals surface area contributed by atoms with Crippen molar-refractivity contribution in [3.05, 3.63) is 60.0 Å². The molecule has 0 spiro atoms. The molecular formula is C16H12FNO4S. The highest BCUT2D eigenvalue weighted by molar-refractivity contribution is 7.90. The minimum absolute atomic E-state index is 0.0792. The SMILES string of the molecule is CS(=O)(=O)c1cc(C(=O)O)c2ccn(-c3ccc(F)cc3)c2c1. The van der Waals surface area contributed by atoms with Crippen molar-refractivity contribution in [3.63, 3.8) is 0 Å². The Kier molecular flexibility index (Phi) is 3.45. The van der Waals surface area contributed by atoms with E-state index in [1.165, 1.54) is 30.3 Å². The van der Waals surface area contributed by atoms with Crippen molar-refractivity contribution in [3.8, 4) is 5.69 Å². The minimum atomic E-state index is -3.57. The molecule has 2 aromatic carbocycles. The number of rotatable bonds is 3. The molecule has 3 aromatic rings. The fourth-order valence-corrected chi connectivity index (χ4v) is 3.09. The smallest absolute Gasteiger partial charge is 0.336 e. The zero-order chi connectivity index (χ0) is 16.8. The van der Waals surface area contributed by atoms with E-state index in [2.05, 4.69) is 0 Å². The average molecular weight is 333 g/mol. The number of hydrogen-bond donors (Lipinski definition) is 1. The van der Waals surface area contributed by atoms with E-state index in [-0.39, 0.29) is 10.5 Å². The molecule has 0 fully saturated rings. The molecule has 5 nitrogen and oxygen atoms in total. The zero-order valence-corrected chi connectivity index (χ0v) is 12.8. The van der Waals surface area contributed by atoms with Crippen LogP contribution in [-0.4, -0.2) is 30.3 Å². The molecule has 118 valence electrons.